The van der Waals surface area contributed by atoms with Crippen LogP contribution in [0.25, 0.3) is 0 Å². The van der Waals surface area contributed by atoms with Crippen molar-refractivity contribution in [2.45, 2.75) is 76.7 Å². The third-order valence-corrected chi connectivity index (χ3v) is 8.95. The van der Waals surface area contributed by atoms with Gasteiger partial charge in [0.25, 0.3) is 0 Å². The fraction of sp³-hybridized carbons (Fsp3) is 0.643. The number of carbonyl (C=O) groups is 2. The summed E-state index contributed by atoms with van der Waals surface area (Å²) in [6.45, 7) is 8.01. The predicted octanol–water partition coefficient (Wildman–Crippen LogP) is 3.43. The number of nitrogens with one attached hydrogen (secondary N) is 1. The SMILES string of the molecule is CC[C@H]1OC(=O)[C@H](OC)C[C@H]2C=CC3C4[C@H](O)[C@@H](C)[C@@H](OC(=O)c5ccc[nH]5)[C@@H]3O[C@]42/C(C)=C/[C@H]1C. The molecule has 0 aromatic carbocycles. The highest BCUT2D eigenvalue weighted by Gasteiger charge is 2.69. The van der Waals surface area contributed by atoms with Gasteiger partial charge in [-0.25, -0.2) is 9.59 Å². The van der Waals surface area contributed by atoms with E-state index in [-0.39, 0.29) is 41.7 Å². The van der Waals surface area contributed by atoms with Gasteiger partial charge in [0.15, 0.2) is 6.10 Å². The molecule has 2 aliphatic carbocycles. The lowest BCUT2D eigenvalue weighted by molar-refractivity contribution is -0.166. The fourth-order valence-electron chi connectivity index (χ4n) is 7.09. The Kier molecular flexibility index (Phi) is 6.64. The van der Waals surface area contributed by atoms with Gasteiger partial charge in [0, 0.05) is 42.9 Å². The molecular formula is C28H37NO7. The van der Waals surface area contributed by atoms with Gasteiger partial charge in [-0.15, -0.1) is 0 Å². The van der Waals surface area contributed by atoms with Crippen LogP contribution in [-0.4, -0.2) is 65.3 Å². The lowest BCUT2D eigenvalue weighted by atomic mass is 9.57. The van der Waals surface area contributed by atoms with Gasteiger partial charge in [-0.1, -0.05) is 39.0 Å². The highest BCUT2D eigenvalue weighted by atomic mass is 16.6. The Morgan fingerprint density at radius 3 is 2.75 bits per heavy atom. The second kappa shape index (κ2) is 9.47. The molecule has 1 saturated heterocycles. The first kappa shape index (κ1) is 25.2. The van der Waals surface area contributed by atoms with Crippen LogP contribution in [0.4, 0.5) is 0 Å². The number of aromatic nitrogens is 1. The van der Waals surface area contributed by atoms with Crippen LogP contribution >= 0.6 is 0 Å². The Morgan fingerprint density at radius 1 is 1.31 bits per heavy atom. The highest BCUT2D eigenvalue weighted by molar-refractivity contribution is 5.87. The molecule has 4 aliphatic rings. The second-order valence-corrected chi connectivity index (χ2v) is 10.8. The molecule has 1 spiro atoms. The molecule has 1 aromatic heterocycles. The first-order chi connectivity index (χ1) is 17.2. The van der Waals surface area contributed by atoms with Crippen LogP contribution in [0.2, 0.25) is 0 Å². The highest BCUT2D eigenvalue weighted by Crippen LogP contribution is 2.61. The molecule has 5 rings (SSSR count). The normalized spacial score (nSPS) is 45.3. The van der Waals surface area contributed by atoms with Gasteiger partial charge >= 0.3 is 11.9 Å². The van der Waals surface area contributed by atoms with Gasteiger partial charge in [0.05, 0.1) is 6.10 Å². The monoisotopic (exact) mass is 499 g/mol. The molecule has 11 atom stereocenters. The van der Waals surface area contributed by atoms with Crippen molar-refractivity contribution in [1.29, 1.82) is 0 Å². The Labute approximate surface area is 212 Å². The summed E-state index contributed by atoms with van der Waals surface area (Å²) in [5, 5.41) is 11.7. The number of H-pyrrole nitrogens is 1. The summed E-state index contributed by atoms with van der Waals surface area (Å²) in [7, 11) is 1.52. The van der Waals surface area contributed by atoms with E-state index in [9.17, 15) is 14.7 Å². The van der Waals surface area contributed by atoms with E-state index < -0.39 is 36.0 Å². The van der Waals surface area contributed by atoms with E-state index in [1.54, 1.807) is 18.3 Å². The van der Waals surface area contributed by atoms with E-state index >= 15 is 0 Å². The predicted molar refractivity (Wildman–Crippen MR) is 131 cm³/mol. The van der Waals surface area contributed by atoms with Crippen molar-refractivity contribution in [3.05, 3.63) is 47.8 Å². The maximum absolute atomic E-state index is 13.0. The molecule has 0 radical (unpaired) electrons. The molecule has 36 heavy (non-hydrogen) atoms. The summed E-state index contributed by atoms with van der Waals surface area (Å²) in [5.41, 5.74) is 0.532. The van der Waals surface area contributed by atoms with Crippen molar-refractivity contribution < 1.29 is 33.6 Å². The minimum Gasteiger partial charge on any atom is -0.460 e. The summed E-state index contributed by atoms with van der Waals surface area (Å²) in [4.78, 5) is 28.8. The van der Waals surface area contributed by atoms with Crippen molar-refractivity contribution in [2.75, 3.05) is 7.11 Å². The number of carbonyl (C=O) groups excluding carboxylic acids is 2. The number of methoxy groups -OCH3 is 1. The maximum Gasteiger partial charge on any atom is 0.355 e. The van der Waals surface area contributed by atoms with Gasteiger partial charge in [-0.3, -0.25) is 0 Å². The summed E-state index contributed by atoms with van der Waals surface area (Å²) in [6.07, 6.45) is 6.19. The van der Waals surface area contributed by atoms with Crippen molar-refractivity contribution >= 4 is 11.9 Å². The molecular weight excluding hydrogens is 462 g/mol. The van der Waals surface area contributed by atoms with Gasteiger partial charge in [0.1, 0.15) is 29.6 Å². The molecule has 8 nitrogen and oxygen atoms in total. The Morgan fingerprint density at radius 2 is 2.08 bits per heavy atom. The molecule has 2 fully saturated rings. The van der Waals surface area contributed by atoms with Crippen molar-refractivity contribution in [3.63, 3.8) is 0 Å². The standard InChI is InChI=1S/C28H37NO7/c1-6-20-14(2)12-15(3)28-17(13-21(33-5)27(32)34-20)9-10-18-22(28)23(30)16(4)24(25(18)36-28)35-26(31)19-8-7-11-29-19/h7-12,14,16-18,20-25,29-30H,6,13H2,1-5H3/b15-12+/t14-,16-,17-,18?,20-,21-,22?,23-,24-,25-,28+/m1/s1. The molecule has 2 aliphatic heterocycles. The Balaban J connectivity index is 1.57. The zero-order valence-electron chi connectivity index (χ0n) is 21.5. The maximum atomic E-state index is 13.0. The molecule has 2 unspecified atom stereocenters. The van der Waals surface area contributed by atoms with Crippen molar-refractivity contribution in [2.24, 2.45) is 29.6 Å². The summed E-state index contributed by atoms with van der Waals surface area (Å²) < 4.78 is 24.4. The number of ether oxygens (including phenoxy) is 4. The van der Waals surface area contributed by atoms with E-state index in [4.69, 9.17) is 18.9 Å². The molecule has 2 N–H and O–H groups in total. The zero-order valence-corrected chi connectivity index (χ0v) is 21.5. The van der Waals surface area contributed by atoms with Crippen molar-refractivity contribution in [3.8, 4) is 0 Å². The first-order valence-corrected chi connectivity index (χ1v) is 13.0. The number of esters is 2. The van der Waals surface area contributed by atoms with Crippen LogP contribution in [0, 0.1) is 29.6 Å². The Bertz CT molecular complexity index is 1050. The van der Waals surface area contributed by atoms with Crippen LogP contribution < -0.4 is 0 Å². The summed E-state index contributed by atoms with van der Waals surface area (Å²) in [5.74, 6) is -1.78. The fourth-order valence-corrected chi connectivity index (χ4v) is 7.09. The van der Waals surface area contributed by atoms with E-state index in [1.807, 2.05) is 20.8 Å². The number of cyclic esters (lactones) is 1. The number of rotatable bonds is 4. The first-order valence-electron chi connectivity index (χ1n) is 13.0. The van der Waals surface area contributed by atoms with Crippen LogP contribution in [0.3, 0.4) is 0 Å². The van der Waals surface area contributed by atoms with E-state index in [1.165, 1.54) is 7.11 Å². The summed E-state index contributed by atoms with van der Waals surface area (Å²) in [6, 6.07) is 3.41. The van der Waals surface area contributed by atoms with E-state index in [0.29, 0.717) is 18.5 Å². The molecule has 1 aromatic rings. The quantitative estimate of drug-likeness (QED) is 0.483. The van der Waals surface area contributed by atoms with Crippen LogP contribution in [0.15, 0.2) is 42.1 Å². The van der Waals surface area contributed by atoms with Crippen LogP contribution in [-0.2, 0) is 23.7 Å². The average molecular weight is 500 g/mol. The minimum absolute atomic E-state index is 0.0472. The smallest absolute Gasteiger partial charge is 0.355 e. The topological polar surface area (TPSA) is 107 Å². The van der Waals surface area contributed by atoms with E-state index in [2.05, 4.69) is 30.1 Å². The second-order valence-electron chi connectivity index (χ2n) is 10.8. The third-order valence-electron chi connectivity index (χ3n) is 8.95. The van der Waals surface area contributed by atoms with Gasteiger partial charge < -0.3 is 29.0 Å². The average Bonchev–Trinajstić information content (AvgIpc) is 3.46. The molecule has 0 amide bonds. The van der Waals surface area contributed by atoms with Gasteiger partial charge in [-0.05, 0) is 37.5 Å². The largest absolute Gasteiger partial charge is 0.460 e. The molecule has 196 valence electrons. The Hall–Kier alpha value is -2.42. The molecule has 1 saturated carbocycles. The van der Waals surface area contributed by atoms with Crippen molar-refractivity contribution in [1.82, 2.24) is 4.98 Å². The zero-order chi connectivity index (χ0) is 25.8. The lowest BCUT2D eigenvalue weighted by Crippen LogP contribution is -2.57. The van der Waals surface area contributed by atoms with Crippen LogP contribution in [0.1, 0.15) is 51.0 Å². The minimum atomic E-state index is -0.841. The number of hydrogen-bond acceptors (Lipinski definition) is 7. The number of aliphatic hydroxyl groups is 1. The molecule has 4 bridgehead atoms. The number of hydrogen-bond donors (Lipinski definition) is 2. The summed E-state index contributed by atoms with van der Waals surface area (Å²) >= 11 is 0. The van der Waals surface area contributed by atoms with Gasteiger partial charge in [-0.2, -0.15) is 0 Å². The van der Waals surface area contributed by atoms with Gasteiger partial charge in [0.2, 0.25) is 0 Å². The molecule has 8 heteroatoms. The number of aliphatic hydroxyl groups excluding tert-OH is 1. The van der Waals surface area contributed by atoms with E-state index in [0.717, 1.165) is 5.57 Å². The third kappa shape index (κ3) is 3.76. The number of aromatic amines is 1. The van der Waals surface area contributed by atoms with Crippen LogP contribution in [0.5, 0.6) is 0 Å². The molecule has 3 heterocycles. The lowest BCUT2D eigenvalue weighted by Gasteiger charge is -2.48.